The van der Waals surface area contributed by atoms with Crippen molar-refractivity contribution in [3.63, 3.8) is 0 Å². The van der Waals surface area contributed by atoms with Gasteiger partial charge >= 0.3 is 0 Å². The molecule has 1 heteroatoms. The Labute approximate surface area is 63.1 Å². The molecule has 0 aliphatic carbocycles. The molecule has 0 amide bonds. The maximum Gasteiger partial charge on any atom is 0.0331 e. The van der Waals surface area contributed by atoms with E-state index in [9.17, 15) is 0 Å². The van der Waals surface area contributed by atoms with Crippen LogP contribution in [0, 0.1) is 0 Å². The van der Waals surface area contributed by atoms with Gasteiger partial charge in [0.25, 0.3) is 0 Å². The van der Waals surface area contributed by atoms with E-state index in [1.165, 1.54) is 0 Å². The molecule has 10 heavy (non-hydrogen) atoms. The van der Waals surface area contributed by atoms with Gasteiger partial charge in [0.1, 0.15) is 0 Å². The Hall–Kier alpha value is -0.980. The van der Waals surface area contributed by atoms with E-state index in [0.29, 0.717) is 0 Å². The van der Waals surface area contributed by atoms with E-state index < -0.39 is 0 Å². The van der Waals surface area contributed by atoms with E-state index in [4.69, 9.17) is 0 Å². The largest absolute Gasteiger partial charge is 0.388 e. The smallest absolute Gasteiger partial charge is 0.0331 e. The first kappa shape index (κ1) is 9.02. The zero-order valence-corrected chi connectivity index (χ0v) is 6.72. The highest BCUT2D eigenvalue weighted by Gasteiger charge is 1.78. The molecular formula is C9H15N. The van der Waals surface area contributed by atoms with Gasteiger partial charge in [-0.15, -0.1) is 0 Å². The zero-order valence-electron chi connectivity index (χ0n) is 6.72. The topological polar surface area (TPSA) is 12.0 Å². The first-order chi connectivity index (χ1) is 4.85. The van der Waals surface area contributed by atoms with Crippen molar-refractivity contribution in [2.45, 2.75) is 13.3 Å². The molecule has 0 saturated carbocycles. The molecule has 0 heterocycles. The van der Waals surface area contributed by atoms with Crippen LogP contribution < -0.4 is 5.32 Å². The average Bonchev–Trinajstić information content (AvgIpc) is 1.99. The van der Waals surface area contributed by atoms with E-state index >= 15 is 0 Å². The quantitative estimate of drug-likeness (QED) is 0.586. The maximum absolute atomic E-state index is 3.65. The normalized spacial score (nSPS) is 12.0. The third kappa shape index (κ3) is 3.96. The van der Waals surface area contributed by atoms with Crippen LogP contribution in [-0.2, 0) is 0 Å². The predicted molar refractivity (Wildman–Crippen MR) is 46.8 cm³/mol. The second kappa shape index (κ2) is 6.14. The van der Waals surface area contributed by atoms with Crippen LogP contribution in [0.2, 0.25) is 0 Å². The van der Waals surface area contributed by atoms with Gasteiger partial charge in [0.2, 0.25) is 0 Å². The van der Waals surface area contributed by atoms with Gasteiger partial charge in [0.05, 0.1) is 0 Å². The summed E-state index contributed by atoms with van der Waals surface area (Å²) < 4.78 is 0. The summed E-state index contributed by atoms with van der Waals surface area (Å²) in [5.74, 6) is 0. The molecule has 0 aliphatic heterocycles. The van der Waals surface area contributed by atoms with Crippen molar-refractivity contribution in [3.8, 4) is 0 Å². The highest BCUT2D eigenvalue weighted by Crippen LogP contribution is 1.89. The summed E-state index contributed by atoms with van der Waals surface area (Å²) in [5, 5.41) is 3.00. The lowest BCUT2D eigenvalue weighted by atomic mass is 10.3. The Morgan fingerprint density at radius 3 is 2.70 bits per heavy atom. The molecule has 0 atom stereocenters. The van der Waals surface area contributed by atoms with Crippen LogP contribution in [0.5, 0.6) is 0 Å². The van der Waals surface area contributed by atoms with Gasteiger partial charge in [0, 0.05) is 12.7 Å². The lowest BCUT2D eigenvalue weighted by Crippen LogP contribution is -2.01. The molecule has 0 aliphatic rings. The summed E-state index contributed by atoms with van der Waals surface area (Å²) in [6, 6.07) is 0. The fraction of sp³-hybridized carbons (Fsp3) is 0.333. The molecule has 0 fully saturated rings. The first-order valence-corrected chi connectivity index (χ1v) is 3.52. The minimum absolute atomic E-state index is 1.05. The summed E-state index contributed by atoms with van der Waals surface area (Å²) in [6.07, 6.45) is 8.98. The minimum atomic E-state index is 1.05. The molecule has 56 valence electrons. The SMILES string of the molecule is C=C/C(=C\C=C/CC)NC. The zero-order chi connectivity index (χ0) is 7.82. The molecule has 0 aromatic carbocycles. The standard InChI is InChI=1S/C9H15N/c1-4-6-7-8-9(5-2)10-3/h5-8,10H,2,4H2,1,3H3/b7-6-,9-8+. The second-order valence-electron chi connectivity index (χ2n) is 1.91. The molecule has 1 nitrogen and oxygen atoms in total. The lowest BCUT2D eigenvalue weighted by molar-refractivity contribution is 1.03. The maximum atomic E-state index is 3.65. The number of likely N-dealkylation sites (N-methyl/N-ethyl adjacent to an activating group) is 1. The van der Waals surface area contributed by atoms with Crippen LogP contribution in [0.3, 0.4) is 0 Å². The van der Waals surface area contributed by atoms with Crippen LogP contribution in [0.4, 0.5) is 0 Å². The first-order valence-electron chi connectivity index (χ1n) is 3.52. The molecule has 0 radical (unpaired) electrons. The Bertz CT molecular complexity index is 143. The molecule has 0 bridgehead atoms. The average molecular weight is 137 g/mol. The van der Waals surface area contributed by atoms with E-state index in [2.05, 4.69) is 24.9 Å². The Balaban J connectivity index is 3.85. The summed E-state index contributed by atoms with van der Waals surface area (Å²) >= 11 is 0. The molecule has 0 spiro atoms. The van der Waals surface area contributed by atoms with Crippen LogP contribution >= 0.6 is 0 Å². The van der Waals surface area contributed by atoms with Crippen molar-refractivity contribution < 1.29 is 0 Å². The van der Waals surface area contributed by atoms with Gasteiger partial charge in [0.15, 0.2) is 0 Å². The molecule has 0 rings (SSSR count). The van der Waals surface area contributed by atoms with Crippen LogP contribution in [0.15, 0.2) is 36.6 Å². The summed E-state index contributed by atoms with van der Waals surface area (Å²) in [5.41, 5.74) is 1.05. The number of rotatable bonds is 4. The van der Waals surface area contributed by atoms with E-state index in [0.717, 1.165) is 12.1 Å². The van der Waals surface area contributed by atoms with Gasteiger partial charge in [-0.2, -0.15) is 0 Å². The number of nitrogens with one attached hydrogen (secondary N) is 1. The molecule has 1 N–H and O–H groups in total. The fourth-order valence-electron chi connectivity index (χ4n) is 0.561. The molecular weight excluding hydrogens is 122 g/mol. The van der Waals surface area contributed by atoms with Crippen LogP contribution in [0.1, 0.15) is 13.3 Å². The minimum Gasteiger partial charge on any atom is -0.388 e. The van der Waals surface area contributed by atoms with Crippen LogP contribution in [0.25, 0.3) is 0 Å². The summed E-state index contributed by atoms with van der Waals surface area (Å²) in [4.78, 5) is 0. The van der Waals surface area contributed by atoms with Crippen molar-refractivity contribution in [3.05, 3.63) is 36.6 Å². The third-order valence-electron chi connectivity index (χ3n) is 1.16. The molecule has 0 aromatic rings. The van der Waals surface area contributed by atoms with Gasteiger partial charge in [-0.05, 0) is 18.6 Å². The lowest BCUT2D eigenvalue weighted by Gasteiger charge is -1.95. The van der Waals surface area contributed by atoms with Crippen molar-refractivity contribution >= 4 is 0 Å². The van der Waals surface area contributed by atoms with Crippen molar-refractivity contribution in [1.82, 2.24) is 5.32 Å². The van der Waals surface area contributed by atoms with Crippen LogP contribution in [-0.4, -0.2) is 7.05 Å². The predicted octanol–water partition coefficient (Wildman–Crippen LogP) is 2.24. The van der Waals surface area contributed by atoms with Crippen molar-refractivity contribution in [2.24, 2.45) is 0 Å². The molecule has 0 saturated heterocycles. The number of allylic oxidation sites excluding steroid dienone is 4. The van der Waals surface area contributed by atoms with Gasteiger partial charge in [-0.3, -0.25) is 0 Å². The summed E-state index contributed by atoms with van der Waals surface area (Å²) in [7, 11) is 1.88. The fourth-order valence-corrected chi connectivity index (χ4v) is 0.561. The van der Waals surface area contributed by atoms with Crippen molar-refractivity contribution in [2.75, 3.05) is 7.05 Å². The number of hydrogen-bond donors (Lipinski definition) is 1. The highest BCUT2D eigenvalue weighted by molar-refractivity contribution is 5.19. The Kier molecular flexibility index (Phi) is 5.54. The Morgan fingerprint density at radius 1 is 1.60 bits per heavy atom. The molecule has 0 aromatic heterocycles. The summed E-state index contributed by atoms with van der Waals surface area (Å²) in [6.45, 7) is 5.75. The second-order valence-corrected chi connectivity index (χ2v) is 1.91. The Morgan fingerprint density at radius 2 is 2.30 bits per heavy atom. The van der Waals surface area contributed by atoms with Gasteiger partial charge < -0.3 is 5.32 Å². The number of hydrogen-bond acceptors (Lipinski definition) is 1. The van der Waals surface area contributed by atoms with E-state index in [1.54, 1.807) is 6.08 Å². The monoisotopic (exact) mass is 137 g/mol. The molecule has 0 unspecified atom stereocenters. The van der Waals surface area contributed by atoms with E-state index in [-0.39, 0.29) is 0 Å². The van der Waals surface area contributed by atoms with E-state index in [1.807, 2.05) is 19.2 Å². The van der Waals surface area contributed by atoms with Crippen molar-refractivity contribution in [1.29, 1.82) is 0 Å². The third-order valence-corrected chi connectivity index (χ3v) is 1.16. The highest BCUT2D eigenvalue weighted by atomic mass is 14.8. The van der Waals surface area contributed by atoms with Gasteiger partial charge in [-0.25, -0.2) is 0 Å². The van der Waals surface area contributed by atoms with Gasteiger partial charge in [-0.1, -0.05) is 25.7 Å².